The van der Waals surface area contributed by atoms with E-state index in [2.05, 4.69) is 5.32 Å². The monoisotopic (exact) mass is 521 g/mol. The lowest BCUT2D eigenvalue weighted by atomic mass is 10.1. The summed E-state index contributed by atoms with van der Waals surface area (Å²) < 4.78 is 11.1. The second-order valence-corrected chi connectivity index (χ2v) is 8.42. The molecule has 188 valence electrons. The molecule has 4 rings (SSSR count). The number of hydrogen-bond acceptors (Lipinski definition) is 7. The number of nitro groups is 1. The number of aryl methyl sites for hydroxylation is 1. The van der Waals surface area contributed by atoms with Gasteiger partial charge in [0, 0.05) is 17.2 Å². The lowest BCUT2D eigenvalue weighted by Gasteiger charge is -2.26. The van der Waals surface area contributed by atoms with E-state index in [4.69, 9.17) is 21.1 Å². The summed E-state index contributed by atoms with van der Waals surface area (Å²) in [4.78, 5) is 49.4. The molecule has 1 aliphatic rings. The minimum absolute atomic E-state index is 0.0501. The van der Waals surface area contributed by atoms with E-state index in [9.17, 15) is 24.5 Å². The zero-order valence-electron chi connectivity index (χ0n) is 19.7. The minimum atomic E-state index is -0.880. The molecule has 10 nitrogen and oxygen atoms in total. The zero-order chi connectivity index (χ0) is 26.7. The molecule has 37 heavy (non-hydrogen) atoms. The normalized spacial score (nSPS) is 14.5. The molecule has 1 N–H and O–H groups in total. The van der Waals surface area contributed by atoms with Crippen molar-refractivity contribution in [2.75, 3.05) is 12.0 Å². The molecule has 3 aromatic rings. The standard InChI is InChI=1S/C26H20ClN3O7/c1-15-6-8-18(13-21(15)27)29-25(32)20(24(31)28-26(29)33)11-16-7-9-22(23(12-16)36-2)37-14-17-4-3-5-19(10-17)30(34)35/h3-13H,14H2,1-2H3,(H,28,31,33)/b20-11-. The summed E-state index contributed by atoms with van der Waals surface area (Å²) >= 11 is 6.15. The molecule has 1 aliphatic heterocycles. The van der Waals surface area contributed by atoms with Crippen LogP contribution in [-0.4, -0.2) is 29.9 Å². The highest BCUT2D eigenvalue weighted by molar-refractivity contribution is 6.39. The number of rotatable bonds is 7. The van der Waals surface area contributed by atoms with Crippen molar-refractivity contribution in [3.05, 3.63) is 98.1 Å². The highest BCUT2D eigenvalue weighted by Crippen LogP contribution is 2.31. The van der Waals surface area contributed by atoms with Gasteiger partial charge in [0.25, 0.3) is 17.5 Å². The van der Waals surface area contributed by atoms with Crippen molar-refractivity contribution in [1.82, 2.24) is 5.32 Å². The molecule has 1 fully saturated rings. The van der Waals surface area contributed by atoms with Gasteiger partial charge in [-0.1, -0.05) is 35.9 Å². The maximum Gasteiger partial charge on any atom is 0.335 e. The van der Waals surface area contributed by atoms with Gasteiger partial charge in [-0.15, -0.1) is 0 Å². The summed E-state index contributed by atoms with van der Waals surface area (Å²) in [5.41, 5.74) is 1.71. The lowest BCUT2D eigenvalue weighted by Crippen LogP contribution is -2.54. The van der Waals surface area contributed by atoms with E-state index in [-0.39, 0.29) is 23.6 Å². The maximum atomic E-state index is 13.1. The molecule has 3 aromatic carbocycles. The van der Waals surface area contributed by atoms with Crippen molar-refractivity contribution in [3.63, 3.8) is 0 Å². The highest BCUT2D eigenvalue weighted by atomic mass is 35.5. The second kappa shape index (κ2) is 10.5. The number of urea groups is 1. The quantitative estimate of drug-likeness (QED) is 0.204. The van der Waals surface area contributed by atoms with Crippen molar-refractivity contribution >= 4 is 46.9 Å². The molecule has 0 unspecified atom stereocenters. The van der Waals surface area contributed by atoms with E-state index in [0.29, 0.717) is 27.6 Å². The predicted octanol–water partition coefficient (Wildman–Crippen LogP) is 4.81. The fraction of sp³-hybridized carbons (Fsp3) is 0.115. The predicted molar refractivity (Wildman–Crippen MR) is 136 cm³/mol. The van der Waals surface area contributed by atoms with Crippen molar-refractivity contribution < 1.29 is 28.8 Å². The molecule has 1 heterocycles. The number of benzene rings is 3. The van der Waals surface area contributed by atoms with Crippen LogP contribution in [0.1, 0.15) is 16.7 Å². The average Bonchev–Trinajstić information content (AvgIpc) is 2.87. The van der Waals surface area contributed by atoms with Crippen LogP contribution in [0.5, 0.6) is 11.5 Å². The number of anilines is 1. The number of nitrogens with one attached hydrogen (secondary N) is 1. The summed E-state index contributed by atoms with van der Waals surface area (Å²) in [6.07, 6.45) is 1.33. The Labute approximate surface area is 216 Å². The first-order valence-electron chi connectivity index (χ1n) is 10.9. The van der Waals surface area contributed by atoms with Crippen molar-refractivity contribution in [2.24, 2.45) is 0 Å². The second-order valence-electron chi connectivity index (χ2n) is 8.02. The van der Waals surface area contributed by atoms with Crippen LogP contribution in [0, 0.1) is 17.0 Å². The number of halogens is 1. The molecule has 0 saturated carbocycles. The fourth-order valence-corrected chi connectivity index (χ4v) is 3.77. The summed E-state index contributed by atoms with van der Waals surface area (Å²) in [7, 11) is 1.42. The Morgan fingerprint density at radius 3 is 2.54 bits per heavy atom. The number of imide groups is 2. The number of carbonyl (C=O) groups excluding carboxylic acids is 3. The molecular weight excluding hydrogens is 502 g/mol. The molecule has 0 bridgehead atoms. The number of hydrogen-bond donors (Lipinski definition) is 1. The molecule has 0 atom stereocenters. The first-order valence-corrected chi connectivity index (χ1v) is 11.3. The van der Waals surface area contributed by atoms with Crippen molar-refractivity contribution in [1.29, 1.82) is 0 Å². The minimum Gasteiger partial charge on any atom is -0.493 e. The Hall–Kier alpha value is -4.70. The Morgan fingerprint density at radius 2 is 1.84 bits per heavy atom. The number of barbiturate groups is 1. The smallest absolute Gasteiger partial charge is 0.335 e. The molecule has 0 aliphatic carbocycles. The molecular formula is C26H20ClN3O7. The number of carbonyl (C=O) groups is 3. The number of non-ortho nitro benzene ring substituents is 1. The fourth-order valence-electron chi connectivity index (χ4n) is 3.59. The Kier molecular flexibility index (Phi) is 7.21. The van der Waals surface area contributed by atoms with E-state index in [1.165, 1.54) is 31.4 Å². The third-order valence-electron chi connectivity index (χ3n) is 5.53. The van der Waals surface area contributed by atoms with E-state index in [1.807, 2.05) is 0 Å². The zero-order valence-corrected chi connectivity index (χ0v) is 20.4. The van der Waals surface area contributed by atoms with Gasteiger partial charge >= 0.3 is 6.03 Å². The van der Waals surface area contributed by atoms with Crippen LogP contribution < -0.4 is 19.7 Å². The maximum absolute atomic E-state index is 13.1. The van der Waals surface area contributed by atoms with Gasteiger partial charge in [-0.25, -0.2) is 9.69 Å². The summed E-state index contributed by atoms with van der Waals surface area (Å²) in [5.74, 6) is -0.989. The van der Waals surface area contributed by atoms with Gasteiger partial charge in [0.1, 0.15) is 12.2 Å². The first kappa shape index (κ1) is 25.4. The van der Waals surface area contributed by atoms with E-state index >= 15 is 0 Å². The highest BCUT2D eigenvalue weighted by Gasteiger charge is 2.37. The average molecular weight is 522 g/mol. The molecule has 0 radical (unpaired) electrons. The van der Waals surface area contributed by atoms with Crippen LogP contribution in [0.2, 0.25) is 5.02 Å². The number of nitro benzene ring substituents is 1. The van der Waals surface area contributed by atoms with E-state index in [1.54, 1.807) is 49.4 Å². The van der Waals surface area contributed by atoms with Crippen LogP contribution in [0.15, 0.2) is 66.2 Å². The summed E-state index contributed by atoms with van der Waals surface area (Å²) in [6, 6.07) is 14.6. The lowest BCUT2D eigenvalue weighted by molar-refractivity contribution is -0.384. The molecule has 1 saturated heterocycles. The Balaban J connectivity index is 1.58. The molecule has 0 aromatic heterocycles. The van der Waals surface area contributed by atoms with Crippen LogP contribution in [0.25, 0.3) is 6.08 Å². The van der Waals surface area contributed by atoms with Gasteiger partial charge in [-0.2, -0.15) is 0 Å². The third kappa shape index (κ3) is 5.44. The van der Waals surface area contributed by atoms with Gasteiger partial charge in [-0.05, 0) is 54.0 Å². The van der Waals surface area contributed by atoms with Crippen LogP contribution in [0.4, 0.5) is 16.2 Å². The summed E-state index contributed by atoms with van der Waals surface area (Å²) in [6.45, 7) is 1.83. The Morgan fingerprint density at radius 1 is 1.05 bits per heavy atom. The van der Waals surface area contributed by atoms with Crippen LogP contribution in [0.3, 0.4) is 0 Å². The topological polar surface area (TPSA) is 128 Å². The largest absolute Gasteiger partial charge is 0.493 e. The van der Waals surface area contributed by atoms with Gasteiger partial charge in [0.2, 0.25) is 0 Å². The van der Waals surface area contributed by atoms with Crippen molar-refractivity contribution in [2.45, 2.75) is 13.5 Å². The van der Waals surface area contributed by atoms with Gasteiger partial charge in [0.15, 0.2) is 11.5 Å². The van der Waals surface area contributed by atoms with Crippen LogP contribution >= 0.6 is 11.6 Å². The van der Waals surface area contributed by atoms with Crippen LogP contribution in [-0.2, 0) is 16.2 Å². The van der Waals surface area contributed by atoms with E-state index in [0.717, 1.165) is 10.5 Å². The van der Waals surface area contributed by atoms with Gasteiger partial charge < -0.3 is 9.47 Å². The SMILES string of the molecule is COc1cc(/C=C2/C(=O)NC(=O)N(c3ccc(C)c(Cl)c3)C2=O)ccc1OCc1cccc([N+](=O)[O-])c1. The van der Waals surface area contributed by atoms with Crippen molar-refractivity contribution in [3.8, 4) is 11.5 Å². The molecule has 11 heteroatoms. The molecule has 0 spiro atoms. The third-order valence-corrected chi connectivity index (χ3v) is 5.94. The Bertz CT molecular complexity index is 1470. The first-order chi connectivity index (χ1) is 17.7. The number of methoxy groups -OCH3 is 1. The van der Waals surface area contributed by atoms with Gasteiger partial charge in [-0.3, -0.25) is 25.0 Å². The number of nitrogens with zero attached hydrogens (tertiary/aromatic N) is 2. The molecule has 4 amide bonds. The van der Waals surface area contributed by atoms with E-state index < -0.39 is 22.8 Å². The summed E-state index contributed by atoms with van der Waals surface area (Å²) in [5, 5.41) is 13.5. The number of amides is 4. The van der Waals surface area contributed by atoms with Gasteiger partial charge in [0.05, 0.1) is 17.7 Å². The number of ether oxygens (including phenoxy) is 2.